The first kappa shape index (κ1) is 16.8. The number of hydrogen-bond acceptors (Lipinski definition) is 5. The van der Waals surface area contributed by atoms with Crippen LogP contribution in [-0.4, -0.2) is 15.9 Å². The molecule has 0 aliphatic carbocycles. The smallest absolute Gasteiger partial charge is 0.296 e. The number of hydrogen-bond donors (Lipinski definition) is 0. The van der Waals surface area contributed by atoms with E-state index in [1.807, 2.05) is 0 Å². The molecular weight excluding hydrogens is 422 g/mol. The van der Waals surface area contributed by atoms with Gasteiger partial charge in [-0.2, -0.15) is 0 Å². The van der Waals surface area contributed by atoms with E-state index in [4.69, 9.17) is 4.42 Å². The van der Waals surface area contributed by atoms with Crippen LogP contribution in [0.1, 0.15) is 27.7 Å². The topological polar surface area (TPSA) is 76.3 Å². The Morgan fingerprint density at radius 1 is 1.00 bits per heavy atom. The Balaban J connectivity index is 1.84. The van der Waals surface area contributed by atoms with Crippen LogP contribution in [-0.2, 0) is 0 Å². The van der Waals surface area contributed by atoms with E-state index in [1.54, 1.807) is 67.1 Å². The van der Waals surface area contributed by atoms with E-state index in [1.165, 1.54) is 4.90 Å². The highest BCUT2D eigenvalue weighted by molar-refractivity contribution is 9.10. The van der Waals surface area contributed by atoms with E-state index in [-0.39, 0.29) is 11.2 Å². The molecule has 0 radical (unpaired) electrons. The third-order valence-electron chi connectivity index (χ3n) is 4.75. The number of aromatic nitrogens is 2. The number of fused-ring (bicyclic) bond motifs is 2. The Morgan fingerprint density at radius 2 is 1.82 bits per heavy atom. The van der Waals surface area contributed by atoms with Gasteiger partial charge in [0.1, 0.15) is 11.4 Å². The van der Waals surface area contributed by atoms with Crippen LogP contribution in [0, 0.1) is 0 Å². The predicted octanol–water partition coefficient (Wildman–Crippen LogP) is 4.10. The molecule has 0 saturated carbocycles. The summed E-state index contributed by atoms with van der Waals surface area (Å²) in [5.41, 5.74) is 1.21. The molecule has 4 heterocycles. The number of rotatable bonds is 2. The Kier molecular flexibility index (Phi) is 3.84. The molecule has 1 atom stereocenters. The van der Waals surface area contributed by atoms with E-state index in [2.05, 4.69) is 25.9 Å². The zero-order valence-electron chi connectivity index (χ0n) is 14.4. The maximum absolute atomic E-state index is 13.4. The van der Waals surface area contributed by atoms with Gasteiger partial charge in [0.2, 0.25) is 5.76 Å². The van der Waals surface area contributed by atoms with Gasteiger partial charge in [0.15, 0.2) is 5.43 Å². The van der Waals surface area contributed by atoms with Crippen molar-refractivity contribution in [2.45, 2.75) is 6.04 Å². The first-order valence-electron chi connectivity index (χ1n) is 8.56. The number of carbonyl (C=O) groups is 1. The minimum atomic E-state index is -0.639. The van der Waals surface area contributed by atoms with Crippen molar-refractivity contribution in [2.24, 2.45) is 0 Å². The molecule has 0 saturated heterocycles. The van der Waals surface area contributed by atoms with Gasteiger partial charge < -0.3 is 4.42 Å². The summed E-state index contributed by atoms with van der Waals surface area (Å²) in [6.45, 7) is 0. The van der Waals surface area contributed by atoms with E-state index < -0.39 is 11.9 Å². The molecule has 1 aliphatic rings. The van der Waals surface area contributed by atoms with Gasteiger partial charge in [-0.15, -0.1) is 0 Å². The summed E-state index contributed by atoms with van der Waals surface area (Å²) in [6.07, 6.45) is 4.87. The average Bonchev–Trinajstić information content (AvgIpc) is 3.03. The van der Waals surface area contributed by atoms with Crippen LogP contribution < -0.4 is 10.3 Å². The SMILES string of the molecule is O=C1c2oc3ccc(Br)cc3c(=O)c2C(c2ccncc2)N1c1ccccn1. The Bertz CT molecular complexity index is 1270. The average molecular weight is 434 g/mol. The summed E-state index contributed by atoms with van der Waals surface area (Å²) in [4.78, 5) is 36.5. The van der Waals surface area contributed by atoms with Gasteiger partial charge >= 0.3 is 0 Å². The highest BCUT2D eigenvalue weighted by atomic mass is 79.9. The maximum atomic E-state index is 13.4. The van der Waals surface area contributed by atoms with E-state index in [0.29, 0.717) is 22.4 Å². The van der Waals surface area contributed by atoms with Crippen LogP contribution in [0.25, 0.3) is 11.0 Å². The summed E-state index contributed by atoms with van der Waals surface area (Å²) in [6, 6.07) is 13.4. The fourth-order valence-corrected chi connectivity index (χ4v) is 3.90. The molecule has 0 bridgehead atoms. The van der Waals surface area contributed by atoms with E-state index in [9.17, 15) is 9.59 Å². The monoisotopic (exact) mass is 433 g/mol. The lowest BCUT2D eigenvalue weighted by Crippen LogP contribution is -2.30. The molecule has 4 aromatic rings. The zero-order valence-corrected chi connectivity index (χ0v) is 16.0. The minimum absolute atomic E-state index is 0.0484. The number of pyridine rings is 2. The number of anilines is 1. The fourth-order valence-electron chi connectivity index (χ4n) is 3.54. The number of carbonyl (C=O) groups excluding carboxylic acids is 1. The predicted molar refractivity (Wildman–Crippen MR) is 107 cm³/mol. The summed E-state index contributed by atoms with van der Waals surface area (Å²) in [5, 5.41) is 0.419. The van der Waals surface area contributed by atoms with Crippen molar-refractivity contribution in [3.05, 3.63) is 98.7 Å². The molecule has 3 aromatic heterocycles. The molecular formula is C21H12BrN3O3. The number of halogens is 1. The highest BCUT2D eigenvalue weighted by Crippen LogP contribution is 2.40. The molecule has 5 rings (SSSR count). The fraction of sp³-hybridized carbons (Fsp3) is 0.0476. The summed E-state index contributed by atoms with van der Waals surface area (Å²) < 4.78 is 6.66. The van der Waals surface area contributed by atoms with Gasteiger partial charge in [-0.3, -0.25) is 19.5 Å². The molecule has 136 valence electrons. The highest BCUT2D eigenvalue weighted by Gasteiger charge is 2.44. The minimum Gasteiger partial charge on any atom is -0.450 e. The Hall–Kier alpha value is -3.32. The van der Waals surface area contributed by atoms with Crippen molar-refractivity contribution < 1.29 is 9.21 Å². The maximum Gasteiger partial charge on any atom is 0.296 e. The number of amides is 1. The van der Waals surface area contributed by atoms with Crippen LogP contribution in [0.5, 0.6) is 0 Å². The van der Waals surface area contributed by atoms with Crippen LogP contribution >= 0.6 is 15.9 Å². The van der Waals surface area contributed by atoms with Crippen molar-refractivity contribution in [1.82, 2.24) is 9.97 Å². The first-order chi connectivity index (χ1) is 13.6. The standard InChI is InChI=1S/C21H12BrN3O3/c22-13-4-5-15-14(11-13)19(26)17-18(12-6-9-23-10-7-12)25(21(27)20(17)28-15)16-3-1-2-8-24-16/h1-11,18H. The molecule has 0 N–H and O–H groups in total. The van der Waals surface area contributed by atoms with Crippen molar-refractivity contribution in [3.8, 4) is 0 Å². The first-order valence-corrected chi connectivity index (χ1v) is 9.35. The van der Waals surface area contributed by atoms with Gasteiger partial charge in [-0.05, 0) is 48.0 Å². The quantitative estimate of drug-likeness (QED) is 0.475. The van der Waals surface area contributed by atoms with E-state index >= 15 is 0 Å². The van der Waals surface area contributed by atoms with Crippen molar-refractivity contribution in [3.63, 3.8) is 0 Å². The zero-order chi connectivity index (χ0) is 19.3. The van der Waals surface area contributed by atoms with Gasteiger partial charge in [0.25, 0.3) is 5.91 Å². The molecule has 1 aromatic carbocycles. The molecule has 1 aliphatic heterocycles. The lowest BCUT2D eigenvalue weighted by molar-refractivity contribution is 0.0970. The van der Waals surface area contributed by atoms with Gasteiger partial charge in [0.05, 0.1) is 17.0 Å². The Morgan fingerprint density at radius 3 is 2.57 bits per heavy atom. The number of benzene rings is 1. The molecule has 7 heteroatoms. The van der Waals surface area contributed by atoms with Crippen molar-refractivity contribution in [2.75, 3.05) is 4.90 Å². The summed E-state index contributed by atoms with van der Waals surface area (Å²) in [5.74, 6) is 0.107. The molecule has 28 heavy (non-hydrogen) atoms. The van der Waals surface area contributed by atoms with Gasteiger partial charge in [-0.25, -0.2) is 4.98 Å². The van der Waals surface area contributed by atoms with Gasteiger partial charge in [0, 0.05) is 23.1 Å². The molecule has 0 fully saturated rings. The lowest BCUT2D eigenvalue weighted by Gasteiger charge is -2.23. The van der Waals surface area contributed by atoms with Crippen LogP contribution in [0.4, 0.5) is 5.82 Å². The largest absolute Gasteiger partial charge is 0.450 e. The molecule has 6 nitrogen and oxygen atoms in total. The summed E-state index contributed by atoms with van der Waals surface area (Å²) >= 11 is 3.39. The second kappa shape index (κ2) is 6.38. The van der Waals surface area contributed by atoms with Crippen LogP contribution in [0.3, 0.4) is 0 Å². The molecule has 0 spiro atoms. The third kappa shape index (κ3) is 2.47. The second-order valence-electron chi connectivity index (χ2n) is 6.36. The van der Waals surface area contributed by atoms with E-state index in [0.717, 1.165) is 10.0 Å². The van der Waals surface area contributed by atoms with Crippen molar-refractivity contribution in [1.29, 1.82) is 0 Å². The summed E-state index contributed by atoms with van der Waals surface area (Å²) in [7, 11) is 0. The van der Waals surface area contributed by atoms with Gasteiger partial charge in [-0.1, -0.05) is 22.0 Å². The second-order valence-corrected chi connectivity index (χ2v) is 7.28. The van der Waals surface area contributed by atoms with Crippen LogP contribution in [0.2, 0.25) is 0 Å². The molecule has 1 amide bonds. The van der Waals surface area contributed by atoms with Crippen LogP contribution in [0.15, 0.2) is 80.8 Å². The lowest BCUT2D eigenvalue weighted by atomic mass is 9.99. The molecule has 1 unspecified atom stereocenters. The normalized spacial score (nSPS) is 15.8. The van der Waals surface area contributed by atoms with Crippen molar-refractivity contribution >= 4 is 38.6 Å². The third-order valence-corrected chi connectivity index (χ3v) is 5.24. The number of nitrogens with zero attached hydrogens (tertiary/aromatic N) is 3. The Labute approximate surface area is 167 Å².